The zero-order valence-corrected chi connectivity index (χ0v) is 18.3. The number of amides is 1. The monoisotopic (exact) mass is 474 g/mol. The summed E-state index contributed by atoms with van der Waals surface area (Å²) in [5.74, 6) is -0.00990. The molecule has 150 valence electrons. The van der Waals surface area contributed by atoms with E-state index in [1.165, 1.54) is 16.7 Å². The van der Waals surface area contributed by atoms with Gasteiger partial charge >= 0.3 is 5.97 Å². The molecule has 0 unspecified atom stereocenters. The molecule has 0 aliphatic carbocycles. The first-order chi connectivity index (χ1) is 14.0. The van der Waals surface area contributed by atoms with Gasteiger partial charge in [-0.05, 0) is 70.5 Å². The second-order valence-electron chi connectivity index (χ2n) is 5.99. The van der Waals surface area contributed by atoms with Gasteiger partial charge in [0.1, 0.15) is 5.75 Å². The van der Waals surface area contributed by atoms with Gasteiger partial charge in [0.05, 0.1) is 21.7 Å². The van der Waals surface area contributed by atoms with Crippen LogP contribution in [-0.4, -0.2) is 42.2 Å². The van der Waals surface area contributed by atoms with Gasteiger partial charge in [0.15, 0.2) is 11.8 Å². The predicted octanol–water partition coefficient (Wildman–Crippen LogP) is 4.62. The normalized spacial score (nSPS) is 16.5. The quantitative estimate of drug-likeness (QED) is 0.451. The van der Waals surface area contributed by atoms with Crippen LogP contribution in [-0.2, 0) is 14.3 Å². The summed E-state index contributed by atoms with van der Waals surface area (Å²) in [6, 6.07) is 14.9. The Morgan fingerprint density at radius 3 is 2.69 bits per heavy atom. The number of para-hydroxylation sites is 1. The minimum atomic E-state index is -0.424. The fourth-order valence-corrected chi connectivity index (χ4v) is 3.98. The Bertz CT molecular complexity index is 976. The minimum absolute atomic E-state index is 0.108. The topological polar surface area (TPSA) is 68.2 Å². The number of carbonyl (C=O) groups is 2. The third-order valence-corrected chi connectivity index (χ3v) is 5.57. The smallest absolute Gasteiger partial charge is 0.344 e. The number of hydrogen-bond acceptors (Lipinski definition) is 6. The number of amidine groups is 1. The summed E-state index contributed by atoms with van der Waals surface area (Å²) in [6.45, 7) is 1.89. The Hall–Kier alpha value is -2.58. The third kappa shape index (κ3) is 5.48. The van der Waals surface area contributed by atoms with Gasteiger partial charge in [-0.2, -0.15) is 0 Å². The van der Waals surface area contributed by atoms with Crippen LogP contribution in [0.5, 0.6) is 5.75 Å². The first kappa shape index (κ1) is 21.1. The lowest BCUT2D eigenvalue weighted by atomic mass is 10.2. The number of nitrogens with zero attached hydrogens (tertiary/aromatic N) is 2. The van der Waals surface area contributed by atoms with Crippen LogP contribution in [0.25, 0.3) is 6.08 Å². The van der Waals surface area contributed by atoms with Gasteiger partial charge in [-0.3, -0.25) is 9.69 Å². The number of esters is 1. The molecule has 2 aromatic carbocycles. The van der Waals surface area contributed by atoms with Crippen LogP contribution in [0.3, 0.4) is 0 Å². The van der Waals surface area contributed by atoms with Crippen molar-refractivity contribution in [2.75, 3.05) is 20.3 Å². The van der Waals surface area contributed by atoms with Crippen molar-refractivity contribution in [3.05, 3.63) is 63.5 Å². The molecule has 0 radical (unpaired) electrons. The van der Waals surface area contributed by atoms with E-state index in [0.29, 0.717) is 26.9 Å². The van der Waals surface area contributed by atoms with E-state index in [4.69, 9.17) is 9.47 Å². The van der Waals surface area contributed by atoms with Crippen LogP contribution in [0.4, 0.5) is 5.69 Å². The van der Waals surface area contributed by atoms with Crippen LogP contribution < -0.4 is 4.74 Å². The molecule has 1 fully saturated rings. The van der Waals surface area contributed by atoms with E-state index in [-0.39, 0.29) is 12.5 Å². The number of thioether (sulfide) groups is 1. The highest BCUT2D eigenvalue weighted by molar-refractivity contribution is 9.10. The van der Waals surface area contributed by atoms with E-state index in [1.54, 1.807) is 26.1 Å². The van der Waals surface area contributed by atoms with Crippen LogP contribution in [0.1, 0.15) is 12.5 Å². The molecule has 1 amide bonds. The number of hydrogen-bond donors (Lipinski definition) is 0. The molecule has 0 aromatic heterocycles. The van der Waals surface area contributed by atoms with Crippen molar-refractivity contribution in [3.63, 3.8) is 0 Å². The molecule has 0 spiro atoms. The molecule has 3 rings (SSSR count). The molecule has 0 N–H and O–H groups in total. The molecule has 6 nitrogen and oxygen atoms in total. The number of ether oxygens (including phenoxy) is 2. The average molecular weight is 475 g/mol. The molecular weight excluding hydrogens is 456 g/mol. The molecule has 0 atom stereocenters. The Labute approximate surface area is 181 Å². The first-order valence-corrected chi connectivity index (χ1v) is 10.5. The summed E-state index contributed by atoms with van der Waals surface area (Å²) >= 11 is 4.76. The van der Waals surface area contributed by atoms with Crippen LogP contribution in [0.2, 0.25) is 0 Å². The second kappa shape index (κ2) is 9.76. The fraction of sp³-hybridized carbons (Fsp3) is 0.190. The summed E-state index contributed by atoms with van der Waals surface area (Å²) in [5, 5.41) is 0.626. The molecule has 0 saturated carbocycles. The number of aliphatic imine (C=N–C) groups is 1. The summed E-state index contributed by atoms with van der Waals surface area (Å²) in [7, 11) is 1.71. The van der Waals surface area contributed by atoms with Crippen molar-refractivity contribution in [3.8, 4) is 5.75 Å². The molecule has 1 saturated heterocycles. The highest BCUT2D eigenvalue weighted by Gasteiger charge is 2.30. The van der Waals surface area contributed by atoms with Gasteiger partial charge in [0, 0.05) is 7.05 Å². The summed E-state index contributed by atoms with van der Waals surface area (Å²) < 4.78 is 11.0. The van der Waals surface area contributed by atoms with Gasteiger partial charge in [-0.25, -0.2) is 9.79 Å². The number of likely N-dealkylation sites (N-methyl/N-ethyl adjacent to an activating group) is 1. The van der Waals surface area contributed by atoms with Crippen LogP contribution in [0.15, 0.2) is 62.9 Å². The molecular formula is C21H19BrN2O4S. The highest BCUT2D eigenvalue weighted by Crippen LogP contribution is 2.34. The van der Waals surface area contributed by atoms with E-state index in [2.05, 4.69) is 20.9 Å². The number of carbonyl (C=O) groups excluding carboxylic acids is 2. The largest absolute Gasteiger partial charge is 0.481 e. The van der Waals surface area contributed by atoms with Crippen molar-refractivity contribution in [2.45, 2.75) is 6.92 Å². The van der Waals surface area contributed by atoms with Crippen LogP contribution >= 0.6 is 27.7 Å². The van der Waals surface area contributed by atoms with E-state index >= 15 is 0 Å². The molecule has 2 aromatic rings. The Kier molecular flexibility index (Phi) is 7.11. The van der Waals surface area contributed by atoms with E-state index in [0.717, 1.165) is 11.3 Å². The van der Waals surface area contributed by atoms with Crippen molar-refractivity contribution in [1.29, 1.82) is 0 Å². The number of halogens is 1. The molecule has 29 heavy (non-hydrogen) atoms. The zero-order valence-electron chi connectivity index (χ0n) is 15.9. The maximum Gasteiger partial charge on any atom is 0.344 e. The van der Waals surface area contributed by atoms with Gasteiger partial charge in [-0.1, -0.05) is 24.3 Å². The fourth-order valence-electron chi connectivity index (χ4n) is 2.48. The van der Waals surface area contributed by atoms with Gasteiger partial charge in [-0.15, -0.1) is 0 Å². The molecule has 1 aliphatic heterocycles. The van der Waals surface area contributed by atoms with Crippen LogP contribution in [0, 0.1) is 0 Å². The molecule has 1 aliphatic rings. The van der Waals surface area contributed by atoms with Gasteiger partial charge in [0.2, 0.25) is 0 Å². The highest BCUT2D eigenvalue weighted by atomic mass is 79.9. The Balaban J connectivity index is 1.74. The lowest BCUT2D eigenvalue weighted by Gasteiger charge is -2.08. The van der Waals surface area contributed by atoms with E-state index in [1.807, 2.05) is 42.5 Å². The van der Waals surface area contributed by atoms with Crippen molar-refractivity contribution < 1.29 is 19.1 Å². The van der Waals surface area contributed by atoms with Crippen molar-refractivity contribution in [1.82, 2.24) is 4.90 Å². The maximum absolute atomic E-state index is 12.6. The van der Waals surface area contributed by atoms with Gasteiger partial charge in [0.25, 0.3) is 5.91 Å². The number of rotatable bonds is 6. The maximum atomic E-state index is 12.6. The average Bonchev–Trinajstić information content (AvgIpc) is 2.96. The molecule has 8 heteroatoms. The Morgan fingerprint density at radius 1 is 1.24 bits per heavy atom. The summed E-state index contributed by atoms with van der Waals surface area (Å²) in [4.78, 5) is 30.6. The zero-order chi connectivity index (χ0) is 20.8. The van der Waals surface area contributed by atoms with E-state index < -0.39 is 5.97 Å². The lowest BCUT2D eigenvalue weighted by Crippen LogP contribution is -2.23. The minimum Gasteiger partial charge on any atom is -0.481 e. The molecule has 1 heterocycles. The molecule has 0 bridgehead atoms. The third-order valence-electron chi connectivity index (χ3n) is 3.89. The van der Waals surface area contributed by atoms with E-state index in [9.17, 15) is 9.59 Å². The van der Waals surface area contributed by atoms with Crippen molar-refractivity contribution >= 4 is 56.5 Å². The Morgan fingerprint density at radius 2 is 2.00 bits per heavy atom. The number of benzene rings is 2. The first-order valence-electron chi connectivity index (χ1n) is 8.87. The second-order valence-corrected chi connectivity index (χ2v) is 7.85. The standard InChI is InChI=1S/C21H19BrN2O4S/c1-3-27-19(25)13-28-17-10-9-14(11-16(17)22)12-18-20(26)24(2)21(29-18)23-15-7-5-4-6-8-15/h4-12H,3,13H2,1-2H3. The summed E-state index contributed by atoms with van der Waals surface area (Å²) in [6.07, 6.45) is 1.80. The SMILES string of the molecule is CCOC(=O)COc1ccc(C=C2SC(=Nc3ccccc3)N(C)C2=O)cc1Br. The van der Waals surface area contributed by atoms with Crippen molar-refractivity contribution in [2.24, 2.45) is 4.99 Å². The summed E-state index contributed by atoms with van der Waals surface area (Å²) in [5.41, 5.74) is 1.62. The van der Waals surface area contributed by atoms with Gasteiger partial charge < -0.3 is 9.47 Å². The lowest BCUT2D eigenvalue weighted by molar-refractivity contribution is -0.145. The predicted molar refractivity (Wildman–Crippen MR) is 118 cm³/mol.